The Labute approximate surface area is 104 Å². The fraction of sp³-hybridized carbons (Fsp3) is 0.364. The molecule has 0 bridgehead atoms. The van der Waals surface area contributed by atoms with E-state index in [1.165, 1.54) is 26.4 Å². The Balaban J connectivity index is 2.83. The van der Waals surface area contributed by atoms with E-state index in [0.29, 0.717) is 12.2 Å². The molecule has 1 N–H and O–H groups in total. The van der Waals surface area contributed by atoms with E-state index in [9.17, 15) is 10.1 Å². The van der Waals surface area contributed by atoms with E-state index in [1.54, 1.807) is 12.1 Å². The zero-order valence-corrected chi connectivity index (χ0v) is 10.0. The van der Waals surface area contributed by atoms with Gasteiger partial charge >= 0.3 is 0 Å². The maximum absolute atomic E-state index is 10.8. The number of methoxy groups -OCH3 is 2. The van der Waals surface area contributed by atoms with Gasteiger partial charge in [0.1, 0.15) is 11.6 Å². The first-order valence-electron chi connectivity index (χ1n) is 5.10. The van der Waals surface area contributed by atoms with Gasteiger partial charge in [-0.25, -0.2) is 0 Å². The van der Waals surface area contributed by atoms with Crippen LogP contribution in [-0.2, 0) is 9.47 Å². The molecule has 18 heavy (non-hydrogen) atoms. The Hall–Kier alpha value is -2.17. The van der Waals surface area contributed by atoms with Gasteiger partial charge in [0.05, 0.1) is 11.5 Å². The van der Waals surface area contributed by atoms with Crippen LogP contribution in [0.15, 0.2) is 18.2 Å². The van der Waals surface area contributed by atoms with Crippen molar-refractivity contribution in [3.8, 4) is 6.07 Å². The Morgan fingerprint density at radius 3 is 2.67 bits per heavy atom. The van der Waals surface area contributed by atoms with Crippen LogP contribution >= 0.6 is 0 Å². The number of rotatable bonds is 6. The van der Waals surface area contributed by atoms with Gasteiger partial charge in [-0.2, -0.15) is 5.26 Å². The minimum atomic E-state index is -0.589. The highest BCUT2D eigenvalue weighted by Gasteiger charge is 2.14. The molecule has 1 aromatic carbocycles. The summed E-state index contributed by atoms with van der Waals surface area (Å²) in [5.74, 6) is 0. The van der Waals surface area contributed by atoms with Gasteiger partial charge < -0.3 is 14.8 Å². The number of anilines is 1. The fourth-order valence-corrected chi connectivity index (χ4v) is 1.35. The van der Waals surface area contributed by atoms with Crippen molar-refractivity contribution in [3.05, 3.63) is 33.9 Å². The molecule has 0 saturated carbocycles. The number of hydrogen-bond donors (Lipinski definition) is 1. The number of benzene rings is 1. The lowest BCUT2D eigenvalue weighted by Gasteiger charge is -2.14. The summed E-state index contributed by atoms with van der Waals surface area (Å²) in [6.07, 6.45) is -0.445. The molecule has 7 heteroatoms. The summed E-state index contributed by atoms with van der Waals surface area (Å²) in [5, 5.41) is 22.4. The normalized spacial score (nSPS) is 10.1. The first kappa shape index (κ1) is 13.9. The molecule has 1 aromatic rings. The minimum absolute atomic E-state index is 0.0283. The van der Waals surface area contributed by atoms with E-state index in [0.717, 1.165) is 0 Å². The van der Waals surface area contributed by atoms with Gasteiger partial charge in [-0.05, 0) is 12.1 Å². The van der Waals surface area contributed by atoms with Crippen molar-refractivity contribution >= 4 is 11.4 Å². The standard InChI is InChI=1S/C11H13N3O4/c1-17-11(18-2)7-13-9-4-3-8(6-12)10(5-9)14(15)16/h3-5,11,13H,7H2,1-2H3. The summed E-state index contributed by atoms with van der Waals surface area (Å²) in [6, 6.07) is 6.07. The van der Waals surface area contributed by atoms with E-state index in [2.05, 4.69) is 5.32 Å². The second kappa shape index (κ2) is 6.54. The van der Waals surface area contributed by atoms with Gasteiger partial charge in [0.15, 0.2) is 6.29 Å². The number of nitrogens with zero attached hydrogens (tertiary/aromatic N) is 2. The quantitative estimate of drug-likeness (QED) is 0.467. The molecule has 0 amide bonds. The number of nitrogens with one attached hydrogen (secondary N) is 1. The zero-order valence-electron chi connectivity index (χ0n) is 10.0. The van der Waals surface area contributed by atoms with Gasteiger partial charge in [0, 0.05) is 26.0 Å². The van der Waals surface area contributed by atoms with E-state index < -0.39 is 11.2 Å². The predicted molar refractivity (Wildman–Crippen MR) is 64.1 cm³/mol. The third kappa shape index (κ3) is 3.41. The van der Waals surface area contributed by atoms with Crippen LogP contribution in [-0.4, -0.2) is 32.0 Å². The highest BCUT2D eigenvalue weighted by Crippen LogP contribution is 2.22. The molecule has 0 aliphatic rings. The van der Waals surface area contributed by atoms with Crippen LogP contribution in [0.1, 0.15) is 5.56 Å². The highest BCUT2D eigenvalue weighted by molar-refractivity contribution is 5.59. The number of nitro groups is 1. The number of nitriles is 1. The van der Waals surface area contributed by atoms with Crippen LogP contribution in [0.5, 0.6) is 0 Å². The Morgan fingerprint density at radius 2 is 2.17 bits per heavy atom. The largest absolute Gasteiger partial charge is 0.380 e. The molecule has 0 unspecified atom stereocenters. The van der Waals surface area contributed by atoms with E-state index >= 15 is 0 Å². The van der Waals surface area contributed by atoms with Crippen molar-refractivity contribution in [1.29, 1.82) is 5.26 Å². The number of hydrogen-bond acceptors (Lipinski definition) is 6. The summed E-state index contributed by atoms with van der Waals surface area (Å²) in [4.78, 5) is 10.2. The summed E-state index contributed by atoms with van der Waals surface area (Å²) in [6.45, 7) is 0.343. The van der Waals surface area contributed by atoms with Crippen molar-refractivity contribution in [1.82, 2.24) is 0 Å². The van der Waals surface area contributed by atoms with Crippen molar-refractivity contribution in [2.45, 2.75) is 6.29 Å². The molecular weight excluding hydrogens is 238 g/mol. The molecule has 0 aromatic heterocycles. The number of nitro benzene ring substituents is 1. The first-order chi connectivity index (χ1) is 8.62. The average Bonchev–Trinajstić information content (AvgIpc) is 2.39. The molecular formula is C11H13N3O4. The predicted octanol–water partition coefficient (Wildman–Crippen LogP) is 1.50. The van der Waals surface area contributed by atoms with Gasteiger partial charge in [0.2, 0.25) is 0 Å². The van der Waals surface area contributed by atoms with E-state index in [4.69, 9.17) is 14.7 Å². The highest BCUT2D eigenvalue weighted by atomic mass is 16.7. The molecule has 0 fully saturated rings. The maximum atomic E-state index is 10.8. The van der Waals surface area contributed by atoms with Crippen LogP contribution in [0.4, 0.5) is 11.4 Å². The summed E-state index contributed by atoms with van der Waals surface area (Å²) >= 11 is 0. The monoisotopic (exact) mass is 251 g/mol. The summed E-state index contributed by atoms with van der Waals surface area (Å²) in [7, 11) is 2.99. The molecule has 0 saturated heterocycles. The van der Waals surface area contributed by atoms with Crippen LogP contribution in [0.2, 0.25) is 0 Å². The molecule has 0 spiro atoms. The number of ether oxygens (including phenoxy) is 2. The lowest BCUT2D eigenvalue weighted by Crippen LogP contribution is -2.23. The van der Waals surface area contributed by atoms with Gasteiger partial charge in [-0.1, -0.05) is 0 Å². The van der Waals surface area contributed by atoms with Crippen LogP contribution in [0, 0.1) is 21.4 Å². The van der Waals surface area contributed by atoms with E-state index in [1.807, 2.05) is 0 Å². The van der Waals surface area contributed by atoms with Crippen molar-refractivity contribution < 1.29 is 14.4 Å². The smallest absolute Gasteiger partial charge is 0.289 e. The third-order valence-corrected chi connectivity index (χ3v) is 2.31. The Bertz CT molecular complexity index is 466. The van der Waals surface area contributed by atoms with E-state index in [-0.39, 0.29) is 11.3 Å². The SMILES string of the molecule is COC(CNc1ccc(C#N)c([N+](=O)[O-])c1)OC. The molecule has 0 radical (unpaired) electrons. The second-order valence-electron chi connectivity index (χ2n) is 3.38. The van der Waals surface area contributed by atoms with Crippen molar-refractivity contribution in [3.63, 3.8) is 0 Å². The average molecular weight is 251 g/mol. The van der Waals surface area contributed by atoms with Gasteiger partial charge in [0.25, 0.3) is 5.69 Å². The summed E-state index contributed by atoms with van der Waals surface area (Å²) in [5.41, 5.74) is 0.328. The van der Waals surface area contributed by atoms with Crippen molar-refractivity contribution in [2.24, 2.45) is 0 Å². The van der Waals surface area contributed by atoms with Crippen LogP contribution in [0.25, 0.3) is 0 Å². The molecule has 0 atom stereocenters. The molecule has 1 rings (SSSR count). The Morgan fingerprint density at radius 1 is 1.50 bits per heavy atom. The molecule has 0 aliphatic heterocycles. The lowest BCUT2D eigenvalue weighted by atomic mass is 10.2. The molecule has 7 nitrogen and oxygen atoms in total. The van der Waals surface area contributed by atoms with Gasteiger partial charge in [-0.15, -0.1) is 0 Å². The first-order valence-corrected chi connectivity index (χ1v) is 5.10. The second-order valence-corrected chi connectivity index (χ2v) is 3.38. The van der Waals surface area contributed by atoms with Gasteiger partial charge in [-0.3, -0.25) is 10.1 Å². The minimum Gasteiger partial charge on any atom is -0.380 e. The molecule has 0 heterocycles. The Kier molecular flexibility index (Phi) is 5.05. The van der Waals surface area contributed by atoms with Crippen LogP contribution in [0.3, 0.4) is 0 Å². The lowest BCUT2D eigenvalue weighted by molar-refractivity contribution is -0.385. The maximum Gasteiger partial charge on any atom is 0.289 e. The molecule has 96 valence electrons. The molecule has 0 aliphatic carbocycles. The summed E-state index contributed by atoms with van der Waals surface area (Å²) < 4.78 is 9.95. The third-order valence-electron chi connectivity index (χ3n) is 2.31. The zero-order chi connectivity index (χ0) is 13.5. The topological polar surface area (TPSA) is 97.4 Å². The van der Waals surface area contributed by atoms with Crippen LogP contribution < -0.4 is 5.32 Å². The van der Waals surface area contributed by atoms with Crippen molar-refractivity contribution in [2.75, 3.05) is 26.1 Å². The fourth-order valence-electron chi connectivity index (χ4n) is 1.35.